The number of benzene rings is 1. The van der Waals surface area contributed by atoms with Gasteiger partial charge in [-0.05, 0) is 36.6 Å². The maximum Gasteiger partial charge on any atom is 0.127 e. The fraction of sp³-hybridized carbons (Fsp3) is 0.308. The van der Waals surface area contributed by atoms with E-state index >= 15 is 0 Å². The molecule has 90 valence electrons. The highest BCUT2D eigenvalue weighted by atomic mass is 35.5. The van der Waals surface area contributed by atoms with E-state index in [0.717, 1.165) is 29.4 Å². The van der Waals surface area contributed by atoms with Crippen LogP contribution < -0.4 is 5.73 Å². The minimum atomic E-state index is 0.543. The minimum absolute atomic E-state index is 0.543. The van der Waals surface area contributed by atoms with Gasteiger partial charge in [-0.15, -0.1) is 0 Å². The van der Waals surface area contributed by atoms with Crippen molar-refractivity contribution >= 4 is 39.9 Å². The third kappa shape index (κ3) is 2.20. The number of aryl methyl sites for hydroxylation is 2. The number of anilines is 1. The van der Waals surface area contributed by atoms with Crippen molar-refractivity contribution in [3.05, 3.63) is 33.3 Å². The molecule has 0 radical (unpaired) electrons. The molecule has 0 spiro atoms. The molecule has 0 fully saturated rings. The van der Waals surface area contributed by atoms with Gasteiger partial charge in [0.05, 0.1) is 15.6 Å². The maximum absolute atomic E-state index is 6.28. The van der Waals surface area contributed by atoms with Crippen LogP contribution in [0.25, 0.3) is 10.9 Å². The van der Waals surface area contributed by atoms with Gasteiger partial charge in [0.25, 0.3) is 0 Å². The van der Waals surface area contributed by atoms with Crippen LogP contribution >= 0.6 is 23.2 Å². The van der Waals surface area contributed by atoms with Crippen LogP contribution in [0.3, 0.4) is 0 Å². The predicted octanol–water partition coefficient (Wildman–Crippen LogP) is 4.38. The molecule has 4 heteroatoms. The van der Waals surface area contributed by atoms with Gasteiger partial charge in [-0.2, -0.15) is 0 Å². The molecule has 2 aromatic rings. The Balaban J connectivity index is 2.79. The number of fused-ring (bicyclic) bond motifs is 1. The van der Waals surface area contributed by atoms with Gasteiger partial charge in [0, 0.05) is 5.39 Å². The highest BCUT2D eigenvalue weighted by Gasteiger charge is 2.11. The van der Waals surface area contributed by atoms with Gasteiger partial charge in [0.1, 0.15) is 5.82 Å². The molecule has 0 unspecified atom stereocenters. The molecule has 0 bridgehead atoms. The van der Waals surface area contributed by atoms with Crippen molar-refractivity contribution in [1.82, 2.24) is 4.98 Å². The van der Waals surface area contributed by atoms with Crippen LogP contribution in [-0.4, -0.2) is 4.98 Å². The summed E-state index contributed by atoms with van der Waals surface area (Å²) in [5.41, 5.74) is 8.58. The third-order valence-corrected chi connectivity index (χ3v) is 3.60. The normalized spacial score (nSPS) is 11.1. The minimum Gasteiger partial charge on any atom is -0.383 e. The fourth-order valence-electron chi connectivity index (χ4n) is 1.92. The van der Waals surface area contributed by atoms with E-state index in [1.54, 1.807) is 0 Å². The van der Waals surface area contributed by atoms with Crippen molar-refractivity contribution in [2.75, 3.05) is 5.73 Å². The highest BCUT2D eigenvalue weighted by molar-refractivity contribution is 6.40. The molecule has 1 aromatic carbocycles. The number of aromatic nitrogens is 1. The average Bonchev–Trinajstić information content (AvgIpc) is 2.28. The summed E-state index contributed by atoms with van der Waals surface area (Å²) in [4.78, 5) is 4.36. The fourth-order valence-corrected chi connectivity index (χ4v) is 2.43. The van der Waals surface area contributed by atoms with Crippen molar-refractivity contribution in [2.24, 2.45) is 0 Å². The standard InChI is InChI=1S/C13H14Cl2N2/c1-3-4-8-6-9-11(15)7(2)5-10(14)12(9)17-13(8)16/h5-6H,3-4H2,1-2H3,(H2,16,17). The smallest absolute Gasteiger partial charge is 0.127 e. The Morgan fingerprint density at radius 1 is 1.29 bits per heavy atom. The van der Waals surface area contributed by atoms with Crippen LogP contribution in [0.15, 0.2) is 12.1 Å². The largest absolute Gasteiger partial charge is 0.383 e. The van der Waals surface area contributed by atoms with Crippen LogP contribution in [0.4, 0.5) is 5.82 Å². The number of nitrogen functional groups attached to an aromatic ring is 1. The molecule has 1 heterocycles. The first kappa shape index (κ1) is 12.5. The number of halogens is 2. The zero-order valence-corrected chi connectivity index (χ0v) is 11.4. The number of nitrogens with two attached hydrogens (primary N) is 1. The second-order valence-corrected chi connectivity index (χ2v) is 4.95. The SMILES string of the molecule is CCCc1cc2c(Cl)c(C)cc(Cl)c2nc1N. The van der Waals surface area contributed by atoms with E-state index in [2.05, 4.69) is 11.9 Å². The highest BCUT2D eigenvalue weighted by Crippen LogP contribution is 2.33. The molecule has 0 saturated carbocycles. The van der Waals surface area contributed by atoms with Crippen molar-refractivity contribution in [3.8, 4) is 0 Å². The Labute approximate surface area is 111 Å². The molecule has 0 atom stereocenters. The molecular formula is C13H14Cl2N2. The monoisotopic (exact) mass is 268 g/mol. The van der Waals surface area contributed by atoms with Crippen molar-refractivity contribution < 1.29 is 0 Å². The quantitative estimate of drug-likeness (QED) is 0.878. The van der Waals surface area contributed by atoms with Crippen LogP contribution in [0.5, 0.6) is 0 Å². The van der Waals surface area contributed by atoms with Gasteiger partial charge < -0.3 is 5.73 Å². The molecular weight excluding hydrogens is 255 g/mol. The molecule has 1 aromatic heterocycles. The first-order chi connectivity index (χ1) is 8.04. The van der Waals surface area contributed by atoms with E-state index in [0.29, 0.717) is 21.4 Å². The number of pyridine rings is 1. The van der Waals surface area contributed by atoms with Gasteiger partial charge in [-0.25, -0.2) is 4.98 Å². The van der Waals surface area contributed by atoms with Crippen molar-refractivity contribution in [1.29, 1.82) is 0 Å². The number of rotatable bonds is 2. The van der Waals surface area contributed by atoms with Crippen LogP contribution in [0.1, 0.15) is 24.5 Å². The topological polar surface area (TPSA) is 38.9 Å². The summed E-state index contributed by atoms with van der Waals surface area (Å²) >= 11 is 12.4. The van der Waals surface area contributed by atoms with Crippen molar-refractivity contribution in [3.63, 3.8) is 0 Å². The lowest BCUT2D eigenvalue weighted by atomic mass is 10.1. The number of hydrogen-bond acceptors (Lipinski definition) is 2. The van der Waals surface area contributed by atoms with Gasteiger partial charge >= 0.3 is 0 Å². The van der Waals surface area contributed by atoms with E-state index in [4.69, 9.17) is 28.9 Å². The second-order valence-electron chi connectivity index (χ2n) is 4.17. The third-order valence-electron chi connectivity index (χ3n) is 2.81. The van der Waals surface area contributed by atoms with E-state index in [9.17, 15) is 0 Å². The lowest BCUT2D eigenvalue weighted by molar-refractivity contribution is 0.921. The zero-order chi connectivity index (χ0) is 12.6. The molecule has 2 rings (SSSR count). The molecule has 2 N–H and O–H groups in total. The Bertz CT molecular complexity index is 579. The molecule has 2 nitrogen and oxygen atoms in total. The van der Waals surface area contributed by atoms with E-state index < -0.39 is 0 Å². The molecule has 0 aliphatic carbocycles. The summed E-state index contributed by atoms with van der Waals surface area (Å²) in [6.07, 6.45) is 1.92. The van der Waals surface area contributed by atoms with Gasteiger partial charge in [-0.3, -0.25) is 0 Å². The summed E-state index contributed by atoms with van der Waals surface area (Å²) < 4.78 is 0. The molecule has 0 saturated heterocycles. The lowest BCUT2D eigenvalue weighted by Crippen LogP contribution is -1.99. The van der Waals surface area contributed by atoms with E-state index in [1.165, 1.54) is 0 Å². The summed E-state index contributed by atoms with van der Waals surface area (Å²) in [6.45, 7) is 4.04. The summed E-state index contributed by atoms with van der Waals surface area (Å²) in [6, 6.07) is 3.82. The average molecular weight is 269 g/mol. The molecule has 0 aliphatic rings. The molecule has 0 aliphatic heterocycles. The first-order valence-corrected chi connectivity index (χ1v) is 6.34. The Morgan fingerprint density at radius 2 is 2.00 bits per heavy atom. The van der Waals surface area contributed by atoms with Gasteiger partial charge in [0.15, 0.2) is 0 Å². The maximum atomic E-state index is 6.28. The summed E-state index contributed by atoms with van der Waals surface area (Å²) in [5.74, 6) is 0.543. The van der Waals surface area contributed by atoms with E-state index in [1.807, 2.05) is 19.1 Å². The van der Waals surface area contributed by atoms with Gasteiger partial charge in [-0.1, -0.05) is 36.5 Å². The Morgan fingerprint density at radius 3 is 2.65 bits per heavy atom. The second kappa shape index (κ2) is 4.71. The predicted molar refractivity (Wildman–Crippen MR) is 74.9 cm³/mol. The van der Waals surface area contributed by atoms with Crippen LogP contribution in [-0.2, 0) is 6.42 Å². The van der Waals surface area contributed by atoms with Gasteiger partial charge in [0.2, 0.25) is 0 Å². The Hall–Kier alpha value is -0.990. The lowest BCUT2D eigenvalue weighted by Gasteiger charge is -2.10. The number of nitrogens with zero attached hydrogens (tertiary/aromatic N) is 1. The molecule has 17 heavy (non-hydrogen) atoms. The first-order valence-electron chi connectivity index (χ1n) is 5.58. The Kier molecular flexibility index (Phi) is 3.45. The summed E-state index contributed by atoms with van der Waals surface area (Å²) in [7, 11) is 0. The number of hydrogen-bond donors (Lipinski definition) is 1. The molecule has 0 amide bonds. The van der Waals surface area contributed by atoms with Crippen molar-refractivity contribution in [2.45, 2.75) is 26.7 Å². The summed E-state index contributed by atoms with van der Waals surface area (Å²) in [5, 5.41) is 2.18. The van der Waals surface area contributed by atoms with E-state index in [-0.39, 0.29) is 0 Å². The zero-order valence-electron chi connectivity index (χ0n) is 9.85. The van der Waals surface area contributed by atoms with Crippen LogP contribution in [0.2, 0.25) is 10.0 Å². The van der Waals surface area contributed by atoms with Crippen LogP contribution in [0, 0.1) is 6.92 Å².